The molecule has 142 valence electrons. The van der Waals surface area contributed by atoms with Crippen LogP contribution >= 0.6 is 0 Å². The molecular formula is C20H22N2O5. The molecule has 0 aliphatic heterocycles. The van der Waals surface area contributed by atoms with Crippen LogP contribution in [0.25, 0.3) is 0 Å². The van der Waals surface area contributed by atoms with Gasteiger partial charge in [0.2, 0.25) is 0 Å². The molecule has 1 aliphatic carbocycles. The van der Waals surface area contributed by atoms with Crippen molar-refractivity contribution >= 4 is 11.6 Å². The SMILES string of the molecule is COc1ccc(O[C@H](C)C(=O)N[C@H]2CCCc3ccccc32)c([N+](=O)[O-])c1. The van der Waals surface area contributed by atoms with Crippen LogP contribution in [-0.4, -0.2) is 24.0 Å². The first-order valence-electron chi connectivity index (χ1n) is 8.87. The van der Waals surface area contributed by atoms with Crippen LogP contribution in [0.3, 0.4) is 0 Å². The van der Waals surface area contributed by atoms with Crippen molar-refractivity contribution in [2.45, 2.75) is 38.3 Å². The van der Waals surface area contributed by atoms with Crippen molar-refractivity contribution in [2.24, 2.45) is 0 Å². The number of ether oxygens (including phenoxy) is 2. The van der Waals surface area contributed by atoms with Crippen LogP contribution in [0.4, 0.5) is 5.69 Å². The number of nitrogens with one attached hydrogen (secondary N) is 1. The molecule has 7 nitrogen and oxygen atoms in total. The van der Waals surface area contributed by atoms with Crippen molar-refractivity contribution in [3.8, 4) is 11.5 Å². The van der Waals surface area contributed by atoms with Crippen molar-refractivity contribution in [3.05, 3.63) is 63.7 Å². The Kier molecular flexibility index (Phi) is 5.59. The third-order valence-electron chi connectivity index (χ3n) is 4.72. The third kappa shape index (κ3) is 4.19. The second kappa shape index (κ2) is 8.07. The first-order chi connectivity index (χ1) is 13.0. The van der Waals surface area contributed by atoms with E-state index in [1.807, 2.05) is 18.2 Å². The highest BCUT2D eigenvalue weighted by atomic mass is 16.6. The van der Waals surface area contributed by atoms with Crippen molar-refractivity contribution in [3.63, 3.8) is 0 Å². The van der Waals surface area contributed by atoms with Crippen LogP contribution in [0.1, 0.15) is 36.9 Å². The molecule has 0 aromatic heterocycles. The van der Waals surface area contributed by atoms with Gasteiger partial charge in [0.25, 0.3) is 5.91 Å². The number of benzene rings is 2. The number of hydrogen-bond donors (Lipinski definition) is 1. The van der Waals surface area contributed by atoms with Crippen LogP contribution in [0.2, 0.25) is 0 Å². The van der Waals surface area contributed by atoms with Crippen molar-refractivity contribution in [1.82, 2.24) is 5.32 Å². The van der Waals surface area contributed by atoms with Gasteiger partial charge in [0.1, 0.15) is 5.75 Å². The topological polar surface area (TPSA) is 90.7 Å². The molecule has 1 aliphatic rings. The molecule has 0 bridgehead atoms. The van der Waals surface area contributed by atoms with Crippen LogP contribution in [0.15, 0.2) is 42.5 Å². The zero-order valence-electron chi connectivity index (χ0n) is 15.3. The van der Waals surface area contributed by atoms with E-state index in [0.717, 1.165) is 24.8 Å². The van der Waals surface area contributed by atoms with E-state index in [1.54, 1.807) is 13.0 Å². The Morgan fingerprint density at radius 1 is 1.30 bits per heavy atom. The van der Waals surface area contributed by atoms with Gasteiger partial charge in [-0.1, -0.05) is 24.3 Å². The van der Waals surface area contributed by atoms with Crippen LogP contribution < -0.4 is 14.8 Å². The number of fused-ring (bicyclic) bond motifs is 1. The standard InChI is InChI=1S/C20H22N2O5/c1-13(27-19-11-10-15(26-2)12-18(19)22(24)25)20(23)21-17-9-5-7-14-6-3-4-8-16(14)17/h3-4,6,8,10-13,17H,5,7,9H2,1-2H3,(H,21,23)/t13-,17+/m1/s1. The Labute approximate surface area is 157 Å². The predicted molar refractivity (Wildman–Crippen MR) is 100 cm³/mol. The van der Waals surface area contributed by atoms with E-state index in [1.165, 1.54) is 24.8 Å². The van der Waals surface area contributed by atoms with Gasteiger partial charge in [-0.3, -0.25) is 14.9 Å². The maximum atomic E-state index is 12.6. The Morgan fingerprint density at radius 2 is 2.07 bits per heavy atom. The molecule has 0 spiro atoms. The van der Waals surface area contributed by atoms with Crippen molar-refractivity contribution < 1.29 is 19.2 Å². The zero-order valence-corrected chi connectivity index (χ0v) is 15.3. The summed E-state index contributed by atoms with van der Waals surface area (Å²) in [7, 11) is 1.43. The monoisotopic (exact) mass is 370 g/mol. The van der Waals surface area contributed by atoms with E-state index in [9.17, 15) is 14.9 Å². The fraction of sp³-hybridized carbons (Fsp3) is 0.350. The first-order valence-corrected chi connectivity index (χ1v) is 8.87. The Balaban J connectivity index is 1.71. The van der Waals surface area contributed by atoms with Gasteiger partial charge in [0.05, 0.1) is 24.1 Å². The number of nitrogens with zero attached hydrogens (tertiary/aromatic N) is 1. The summed E-state index contributed by atoms with van der Waals surface area (Å²) in [4.78, 5) is 23.3. The number of carbonyl (C=O) groups is 1. The van der Waals surface area contributed by atoms with Crippen LogP contribution in [-0.2, 0) is 11.2 Å². The lowest BCUT2D eigenvalue weighted by Gasteiger charge is -2.27. The van der Waals surface area contributed by atoms with Gasteiger partial charge >= 0.3 is 5.69 Å². The Bertz CT molecular complexity index is 852. The minimum Gasteiger partial charge on any atom is -0.496 e. The van der Waals surface area contributed by atoms with E-state index in [0.29, 0.717) is 5.75 Å². The number of aryl methyl sites for hydroxylation is 1. The lowest BCUT2D eigenvalue weighted by Crippen LogP contribution is -2.39. The molecule has 0 fully saturated rings. The fourth-order valence-electron chi connectivity index (χ4n) is 3.30. The minimum absolute atomic E-state index is 0.0347. The largest absolute Gasteiger partial charge is 0.496 e. The molecule has 0 saturated carbocycles. The lowest BCUT2D eigenvalue weighted by atomic mass is 9.87. The molecule has 2 aromatic carbocycles. The van der Waals surface area contributed by atoms with E-state index < -0.39 is 11.0 Å². The summed E-state index contributed by atoms with van der Waals surface area (Å²) in [6.07, 6.45) is 2.00. The molecular weight excluding hydrogens is 348 g/mol. The molecule has 0 heterocycles. The van der Waals surface area contributed by atoms with E-state index in [-0.39, 0.29) is 23.4 Å². The molecule has 27 heavy (non-hydrogen) atoms. The maximum Gasteiger partial charge on any atom is 0.314 e. The lowest BCUT2D eigenvalue weighted by molar-refractivity contribution is -0.386. The summed E-state index contributed by atoms with van der Waals surface area (Å²) < 4.78 is 10.6. The molecule has 2 atom stereocenters. The van der Waals surface area contributed by atoms with Gasteiger partial charge in [-0.05, 0) is 49.4 Å². The molecule has 3 rings (SSSR count). The molecule has 1 N–H and O–H groups in total. The highest BCUT2D eigenvalue weighted by molar-refractivity contribution is 5.81. The van der Waals surface area contributed by atoms with Crippen molar-refractivity contribution in [2.75, 3.05) is 7.11 Å². The number of methoxy groups -OCH3 is 1. The van der Waals surface area contributed by atoms with Gasteiger partial charge in [0, 0.05) is 0 Å². The summed E-state index contributed by atoms with van der Waals surface area (Å²) in [5.74, 6) is 0.0827. The van der Waals surface area contributed by atoms with E-state index in [2.05, 4.69) is 11.4 Å². The molecule has 2 aromatic rings. The van der Waals surface area contributed by atoms with Crippen LogP contribution in [0, 0.1) is 10.1 Å². The second-order valence-electron chi connectivity index (χ2n) is 6.50. The second-order valence-corrected chi connectivity index (χ2v) is 6.50. The Morgan fingerprint density at radius 3 is 2.81 bits per heavy atom. The molecule has 7 heteroatoms. The summed E-state index contributed by atoms with van der Waals surface area (Å²) in [5, 5.41) is 14.3. The quantitative estimate of drug-likeness (QED) is 0.620. The zero-order chi connectivity index (χ0) is 19.4. The summed E-state index contributed by atoms with van der Waals surface area (Å²) in [6, 6.07) is 12.3. The molecule has 0 saturated heterocycles. The number of amides is 1. The van der Waals surface area contributed by atoms with Gasteiger partial charge in [0.15, 0.2) is 11.9 Å². The number of rotatable bonds is 6. The van der Waals surface area contributed by atoms with Gasteiger partial charge in [-0.15, -0.1) is 0 Å². The first kappa shape index (κ1) is 18.7. The third-order valence-corrected chi connectivity index (χ3v) is 4.72. The van der Waals surface area contributed by atoms with Gasteiger partial charge in [-0.2, -0.15) is 0 Å². The normalized spacial score (nSPS) is 16.7. The summed E-state index contributed by atoms with van der Waals surface area (Å²) >= 11 is 0. The van der Waals surface area contributed by atoms with Crippen LogP contribution in [0.5, 0.6) is 11.5 Å². The highest BCUT2D eigenvalue weighted by Crippen LogP contribution is 2.32. The Hall–Kier alpha value is -3.09. The fourth-order valence-corrected chi connectivity index (χ4v) is 3.30. The number of carbonyl (C=O) groups excluding carboxylic acids is 1. The number of nitro benzene ring substituents is 1. The number of nitro groups is 1. The average molecular weight is 370 g/mol. The molecule has 1 amide bonds. The molecule has 0 unspecified atom stereocenters. The average Bonchev–Trinajstić information content (AvgIpc) is 2.68. The molecule has 0 radical (unpaired) electrons. The van der Waals surface area contributed by atoms with Gasteiger partial charge in [-0.25, -0.2) is 0 Å². The maximum absolute atomic E-state index is 12.6. The van der Waals surface area contributed by atoms with Gasteiger partial charge < -0.3 is 14.8 Å². The van der Waals surface area contributed by atoms with E-state index in [4.69, 9.17) is 9.47 Å². The van der Waals surface area contributed by atoms with Crippen molar-refractivity contribution in [1.29, 1.82) is 0 Å². The summed E-state index contributed by atoms with van der Waals surface area (Å²) in [6.45, 7) is 1.58. The minimum atomic E-state index is -0.869. The number of hydrogen-bond acceptors (Lipinski definition) is 5. The smallest absolute Gasteiger partial charge is 0.314 e. The van der Waals surface area contributed by atoms with E-state index >= 15 is 0 Å². The summed E-state index contributed by atoms with van der Waals surface area (Å²) in [5.41, 5.74) is 2.13. The highest BCUT2D eigenvalue weighted by Gasteiger charge is 2.26. The predicted octanol–water partition coefficient (Wildman–Crippen LogP) is 3.56.